The molecule has 178 valence electrons. The van der Waals surface area contributed by atoms with Gasteiger partial charge in [-0.3, -0.25) is 14.2 Å². The molecule has 2 N–H and O–H groups in total. The third kappa shape index (κ3) is 4.03. The number of carbonyl (C=O) groups is 2. The highest BCUT2D eigenvalue weighted by molar-refractivity contribution is 7.99. The molecule has 0 fully saturated rings. The van der Waals surface area contributed by atoms with E-state index in [9.17, 15) is 9.59 Å². The topological polar surface area (TPSA) is 102 Å². The van der Waals surface area contributed by atoms with E-state index in [1.54, 1.807) is 18.2 Å². The Morgan fingerprint density at radius 1 is 1.08 bits per heavy atom. The van der Waals surface area contributed by atoms with Crippen LogP contribution in [-0.4, -0.2) is 43.8 Å². The predicted molar refractivity (Wildman–Crippen MR) is 139 cm³/mol. The highest BCUT2D eigenvalue weighted by atomic mass is 32.2. The van der Waals surface area contributed by atoms with Crippen LogP contribution >= 0.6 is 11.8 Å². The molecular formula is C27H21N5O3S. The summed E-state index contributed by atoms with van der Waals surface area (Å²) in [6.45, 7) is 2.01. The van der Waals surface area contributed by atoms with E-state index in [1.807, 2.05) is 60.2 Å². The summed E-state index contributed by atoms with van der Waals surface area (Å²) in [7, 11) is 0. The maximum absolute atomic E-state index is 13.1. The van der Waals surface area contributed by atoms with Crippen molar-refractivity contribution < 1.29 is 14.3 Å². The van der Waals surface area contributed by atoms with Crippen LogP contribution in [0.25, 0.3) is 28.0 Å². The summed E-state index contributed by atoms with van der Waals surface area (Å²) < 4.78 is 7.38. The van der Waals surface area contributed by atoms with E-state index >= 15 is 0 Å². The maximum Gasteiger partial charge on any atom is 0.262 e. The standard InChI is InChI=1S/C27H21N5O3S/c1-16-5-4-6-18(11-16)32-26(20-13-28-21-8-3-2-7-19(20)21)30-31-27(32)36-15-23(33)17-9-10-24-22(12-17)29-25(34)14-35-24/h2-13,28H,14-15H2,1H3,(H,29,34). The summed E-state index contributed by atoms with van der Waals surface area (Å²) in [6, 6.07) is 21.2. The molecule has 0 saturated carbocycles. The molecule has 1 aliphatic heterocycles. The monoisotopic (exact) mass is 495 g/mol. The van der Waals surface area contributed by atoms with Crippen molar-refractivity contribution in [1.29, 1.82) is 0 Å². The number of rotatable bonds is 6. The van der Waals surface area contributed by atoms with Gasteiger partial charge in [0.25, 0.3) is 5.91 Å². The number of aromatic amines is 1. The van der Waals surface area contributed by atoms with Crippen molar-refractivity contribution in [3.63, 3.8) is 0 Å². The highest BCUT2D eigenvalue weighted by Crippen LogP contribution is 2.33. The molecule has 0 bridgehead atoms. The lowest BCUT2D eigenvalue weighted by atomic mass is 10.1. The first-order chi connectivity index (χ1) is 17.6. The molecule has 3 aromatic carbocycles. The van der Waals surface area contributed by atoms with Crippen LogP contribution in [-0.2, 0) is 4.79 Å². The van der Waals surface area contributed by atoms with Gasteiger partial charge in [-0.2, -0.15) is 0 Å². The SMILES string of the molecule is Cc1cccc(-n2c(SCC(=O)c3ccc4c(c3)NC(=O)CO4)nnc2-c2c[nH]c3ccccc23)c1. The molecule has 0 atom stereocenters. The largest absolute Gasteiger partial charge is 0.482 e. The van der Waals surface area contributed by atoms with Crippen molar-refractivity contribution in [3.05, 3.63) is 84.1 Å². The molecule has 2 aromatic heterocycles. The lowest BCUT2D eigenvalue weighted by Crippen LogP contribution is -2.25. The molecule has 5 aromatic rings. The van der Waals surface area contributed by atoms with E-state index in [-0.39, 0.29) is 24.1 Å². The molecule has 0 aliphatic carbocycles. The Morgan fingerprint density at radius 3 is 2.86 bits per heavy atom. The van der Waals surface area contributed by atoms with Crippen LogP contribution < -0.4 is 10.1 Å². The zero-order valence-corrected chi connectivity index (χ0v) is 20.1. The van der Waals surface area contributed by atoms with Gasteiger partial charge >= 0.3 is 0 Å². The first kappa shape index (κ1) is 22.1. The summed E-state index contributed by atoms with van der Waals surface area (Å²) >= 11 is 1.32. The number of para-hydroxylation sites is 1. The number of benzene rings is 3. The Bertz CT molecular complexity index is 1640. The van der Waals surface area contributed by atoms with Crippen molar-refractivity contribution in [2.75, 3.05) is 17.7 Å². The van der Waals surface area contributed by atoms with Crippen LogP contribution in [0.15, 0.2) is 78.1 Å². The average Bonchev–Trinajstić information content (AvgIpc) is 3.50. The molecule has 3 heterocycles. The van der Waals surface area contributed by atoms with Gasteiger partial charge in [0.1, 0.15) is 5.75 Å². The zero-order chi connectivity index (χ0) is 24.6. The van der Waals surface area contributed by atoms with Gasteiger partial charge in [-0.25, -0.2) is 0 Å². The lowest BCUT2D eigenvalue weighted by molar-refractivity contribution is -0.118. The van der Waals surface area contributed by atoms with Crippen molar-refractivity contribution in [2.24, 2.45) is 0 Å². The quantitative estimate of drug-likeness (QED) is 0.253. The average molecular weight is 496 g/mol. The first-order valence-corrected chi connectivity index (χ1v) is 12.4. The minimum absolute atomic E-state index is 0.0243. The van der Waals surface area contributed by atoms with Crippen LogP contribution in [0.1, 0.15) is 15.9 Å². The molecule has 0 saturated heterocycles. The van der Waals surface area contributed by atoms with E-state index in [0.29, 0.717) is 28.0 Å². The third-order valence-electron chi connectivity index (χ3n) is 5.99. The molecule has 0 unspecified atom stereocenters. The second-order valence-corrected chi connectivity index (χ2v) is 9.43. The molecule has 0 spiro atoms. The van der Waals surface area contributed by atoms with Crippen LogP contribution in [0.2, 0.25) is 0 Å². The minimum Gasteiger partial charge on any atom is -0.482 e. The summed E-state index contributed by atoms with van der Waals surface area (Å²) in [5.41, 5.74) is 4.97. The van der Waals surface area contributed by atoms with Crippen molar-refractivity contribution in [2.45, 2.75) is 12.1 Å². The second kappa shape index (κ2) is 9.01. The number of carbonyl (C=O) groups excluding carboxylic acids is 2. The van der Waals surface area contributed by atoms with Gasteiger partial charge in [0, 0.05) is 33.9 Å². The number of aromatic nitrogens is 4. The number of anilines is 1. The van der Waals surface area contributed by atoms with Gasteiger partial charge in [0.15, 0.2) is 23.4 Å². The number of hydrogen-bond acceptors (Lipinski definition) is 6. The number of hydrogen-bond donors (Lipinski definition) is 2. The fourth-order valence-electron chi connectivity index (χ4n) is 4.26. The first-order valence-electron chi connectivity index (χ1n) is 11.4. The Morgan fingerprint density at radius 2 is 1.97 bits per heavy atom. The van der Waals surface area contributed by atoms with Crippen LogP contribution in [0.5, 0.6) is 5.75 Å². The summed E-state index contributed by atoms with van der Waals surface area (Å²) in [5.74, 6) is 1.08. The van der Waals surface area contributed by atoms with Crippen molar-refractivity contribution in [3.8, 4) is 22.8 Å². The summed E-state index contributed by atoms with van der Waals surface area (Å²) in [6.07, 6.45) is 1.93. The van der Waals surface area contributed by atoms with E-state index in [0.717, 1.165) is 27.7 Å². The van der Waals surface area contributed by atoms with Crippen LogP contribution in [0, 0.1) is 6.92 Å². The van der Waals surface area contributed by atoms with Crippen molar-refractivity contribution in [1.82, 2.24) is 19.7 Å². The maximum atomic E-state index is 13.1. The molecular weight excluding hydrogens is 474 g/mol. The lowest BCUT2D eigenvalue weighted by Gasteiger charge is -2.18. The number of H-pyrrole nitrogens is 1. The van der Waals surface area contributed by atoms with Gasteiger partial charge in [-0.05, 0) is 48.9 Å². The second-order valence-electron chi connectivity index (χ2n) is 8.49. The number of fused-ring (bicyclic) bond motifs is 2. The Labute approximate surface area is 210 Å². The zero-order valence-electron chi connectivity index (χ0n) is 19.3. The van der Waals surface area contributed by atoms with Crippen LogP contribution in [0.4, 0.5) is 5.69 Å². The minimum atomic E-state index is -0.238. The van der Waals surface area contributed by atoms with Gasteiger partial charge in [-0.15, -0.1) is 10.2 Å². The van der Waals surface area contributed by atoms with Gasteiger partial charge < -0.3 is 15.0 Å². The molecule has 9 heteroatoms. The normalized spacial score (nSPS) is 12.8. The molecule has 36 heavy (non-hydrogen) atoms. The van der Waals surface area contributed by atoms with E-state index in [4.69, 9.17) is 4.74 Å². The fraction of sp³-hybridized carbons (Fsp3) is 0.111. The van der Waals surface area contributed by atoms with E-state index in [1.165, 1.54) is 11.8 Å². The molecule has 6 rings (SSSR count). The smallest absolute Gasteiger partial charge is 0.262 e. The molecule has 1 amide bonds. The Kier molecular flexibility index (Phi) is 5.54. The van der Waals surface area contributed by atoms with E-state index in [2.05, 4.69) is 26.6 Å². The number of thioether (sulfide) groups is 1. The number of amides is 1. The van der Waals surface area contributed by atoms with Crippen molar-refractivity contribution >= 4 is 40.0 Å². The Balaban J connectivity index is 1.34. The third-order valence-corrected chi connectivity index (χ3v) is 6.92. The van der Waals surface area contributed by atoms with Gasteiger partial charge in [0.05, 0.1) is 11.4 Å². The number of ketones is 1. The summed E-state index contributed by atoms with van der Waals surface area (Å²) in [5, 5.41) is 13.4. The Hall–Kier alpha value is -4.37. The van der Waals surface area contributed by atoms with Gasteiger partial charge in [0.2, 0.25) is 0 Å². The predicted octanol–water partition coefficient (Wildman–Crippen LogP) is 5.03. The number of Topliss-reactive ketones (excluding diaryl/α,β-unsaturated/α-hetero) is 1. The van der Waals surface area contributed by atoms with E-state index < -0.39 is 0 Å². The molecule has 0 radical (unpaired) electrons. The van der Waals surface area contributed by atoms with Gasteiger partial charge in [-0.1, -0.05) is 42.1 Å². The summed E-state index contributed by atoms with van der Waals surface area (Å²) in [4.78, 5) is 28.0. The number of aryl methyl sites for hydroxylation is 1. The number of nitrogens with zero attached hydrogens (tertiary/aromatic N) is 3. The molecule has 8 nitrogen and oxygen atoms in total. The number of ether oxygens (including phenoxy) is 1. The number of nitrogens with one attached hydrogen (secondary N) is 2. The van der Waals surface area contributed by atoms with Crippen LogP contribution in [0.3, 0.4) is 0 Å². The fourth-order valence-corrected chi connectivity index (χ4v) is 5.11. The molecule has 1 aliphatic rings. The highest BCUT2D eigenvalue weighted by Gasteiger charge is 2.21.